The molecule has 1 amide bonds. The van der Waals surface area contributed by atoms with Gasteiger partial charge in [0, 0.05) is 17.5 Å². The number of pyridine rings is 1. The van der Waals surface area contributed by atoms with E-state index in [9.17, 15) is 9.59 Å². The average molecular weight is 423 g/mol. The van der Waals surface area contributed by atoms with Crippen LogP contribution in [-0.2, 0) is 13.0 Å². The summed E-state index contributed by atoms with van der Waals surface area (Å²) >= 11 is 6.44. The highest BCUT2D eigenvalue weighted by Gasteiger charge is 2.25. The highest BCUT2D eigenvalue weighted by molar-refractivity contribution is 6.34. The Bertz CT molecular complexity index is 1060. The molecule has 0 saturated carbocycles. The van der Waals surface area contributed by atoms with Gasteiger partial charge in [0.15, 0.2) is 5.43 Å². The molecule has 0 unspecified atom stereocenters. The van der Waals surface area contributed by atoms with E-state index in [-0.39, 0.29) is 16.9 Å². The maximum Gasteiger partial charge on any atom is 0.264 e. The molecule has 0 fully saturated rings. The zero-order valence-corrected chi connectivity index (χ0v) is 18.2. The highest BCUT2D eigenvalue weighted by Crippen LogP contribution is 2.28. The number of rotatable bonds is 8. The van der Waals surface area contributed by atoms with Crippen LogP contribution in [0.4, 0.5) is 5.69 Å². The number of aromatic amines is 1. The number of aryl methyl sites for hydroxylation is 2. The first-order chi connectivity index (χ1) is 14.5. The van der Waals surface area contributed by atoms with Gasteiger partial charge in [0.2, 0.25) is 0 Å². The van der Waals surface area contributed by atoms with Crippen molar-refractivity contribution in [2.75, 3.05) is 4.90 Å². The van der Waals surface area contributed by atoms with Crippen molar-refractivity contribution < 1.29 is 4.79 Å². The number of para-hydroxylation sites is 1. The van der Waals surface area contributed by atoms with Crippen molar-refractivity contribution in [3.05, 3.63) is 98.4 Å². The smallest absolute Gasteiger partial charge is 0.264 e. The monoisotopic (exact) mass is 422 g/mol. The molecule has 0 radical (unpaired) electrons. The Labute approximate surface area is 182 Å². The number of hydrogen-bond acceptors (Lipinski definition) is 2. The van der Waals surface area contributed by atoms with Crippen LogP contribution >= 0.6 is 11.6 Å². The first-order valence-corrected chi connectivity index (χ1v) is 10.7. The zero-order valence-electron chi connectivity index (χ0n) is 17.5. The molecule has 0 spiro atoms. The molecule has 0 saturated heterocycles. The summed E-state index contributed by atoms with van der Waals surface area (Å²) in [5, 5.41) is 0.470. The number of amides is 1. The summed E-state index contributed by atoms with van der Waals surface area (Å²) < 4.78 is 0. The molecule has 1 N–H and O–H groups in total. The minimum absolute atomic E-state index is 0.201. The number of H-pyrrole nitrogens is 1. The molecule has 4 nitrogen and oxygen atoms in total. The zero-order chi connectivity index (χ0) is 21.5. The second kappa shape index (κ2) is 10.3. The van der Waals surface area contributed by atoms with Crippen LogP contribution in [0.15, 0.2) is 65.5 Å². The third-order valence-corrected chi connectivity index (χ3v) is 5.38. The Morgan fingerprint density at radius 1 is 1.03 bits per heavy atom. The second-order valence-electron chi connectivity index (χ2n) is 7.46. The van der Waals surface area contributed by atoms with Crippen LogP contribution < -0.4 is 10.3 Å². The van der Waals surface area contributed by atoms with E-state index in [1.165, 1.54) is 6.07 Å². The number of halogens is 1. The largest absolute Gasteiger partial charge is 0.362 e. The molecule has 0 aliphatic rings. The van der Waals surface area contributed by atoms with Gasteiger partial charge in [-0.2, -0.15) is 0 Å². The van der Waals surface area contributed by atoms with Crippen molar-refractivity contribution >= 4 is 23.2 Å². The summed E-state index contributed by atoms with van der Waals surface area (Å²) in [6.45, 7) is 4.30. The quantitative estimate of drug-likeness (QED) is 0.458. The van der Waals surface area contributed by atoms with E-state index >= 15 is 0 Å². The normalized spacial score (nSPS) is 10.8. The Morgan fingerprint density at radius 2 is 1.73 bits per heavy atom. The van der Waals surface area contributed by atoms with Gasteiger partial charge in [-0.3, -0.25) is 9.59 Å². The molecule has 2 aromatic carbocycles. The second-order valence-corrected chi connectivity index (χ2v) is 7.86. The number of hydrogen-bond donors (Lipinski definition) is 1. The van der Waals surface area contributed by atoms with E-state index in [2.05, 4.69) is 11.9 Å². The van der Waals surface area contributed by atoms with Crippen LogP contribution in [0.2, 0.25) is 5.02 Å². The van der Waals surface area contributed by atoms with E-state index in [4.69, 9.17) is 11.6 Å². The van der Waals surface area contributed by atoms with E-state index in [1.807, 2.05) is 55.5 Å². The fraction of sp³-hybridized carbons (Fsp3) is 0.280. The van der Waals surface area contributed by atoms with Crippen LogP contribution in [0.3, 0.4) is 0 Å². The predicted octanol–water partition coefficient (Wildman–Crippen LogP) is 5.92. The van der Waals surface area contributed by atoms with Crippen molar-refractivity contribution in [1.82, 2.24) is 4.98 Å². The van der Waals surface area contributed by atoms with Crippen LogP contribution in [-0.4, -0.2) is 10.9 Å². The van der Waals surface area contributed by atoms with Crippen LogP contribution in [0.1, 0.15) is 53.5 Å². The molecule has 1 aromatic heterocycles. The Kier molecular flexibility index (Phi) is 7.47. The summed E-state index contributed by atoms with van der Waals surface area (Å²) in [4.78, 5) is 31.5. The fourth-order valence-corrected chi connectivity index (χ4v) is 3.80. The van der Waals surface area contributed by atoms with Crippen molar-refractivity contribution in [2.45, 2.75) is 46.1 Å². The molecular weight excluding hydrogens is 396 g/mol. The molecule has 0 atom stereocenters. The van der Waals surface area contributed by atoms with Crippen LogP contribution in [0.5, 0.6) is 0 Å². The first-order valence-electron chi connectivity index (χ1n) is 10.3. The molecule has 0 bridgehead atoms. The van der Waals surface area contributed by atoms with Gasteiger partial charge in [-0.1, -0.05) is 73.8 Å². The maximum absolute atomic E-state index is 13.7. The maximum atomic E-state index is 13.7. The molecule has 1 heterocycles. The third-order valence-electron chi connectivity index (χ3n) is 5.06. The Hall–Kier alpha value is -2.85. The van der Waals surface area contributed by atoms with Gasteiger partial charge in [-0.15, -0.1) is 0 Å². The molecule has 0 aliphatic carbocycles. The molecule has 0 aliphatic heterocycles. The fourth-order valence-electron chi connectivity index (χ4n) is 3.57. The van der Waals surface area contributed by atoms with Gasteiger partial charge in [0.25, 0.3) is 5.91 Å². The van der Waals surface area contributed by atoms with Crippen molar-refractivity contribution in [3.8, 4) is 0 Å². The van der Waals surface area contributed by atoms with E-state index < -0.39 is 0 Å². The number of carbonyl (C=O) groups excluding carboxylic acids is 1. The van der Waals surface area contributed by atoms with Gasteiger partial charge in [0.05, 0.1) is 17.3 Å². The standard InChI is InChI=1S/C25H27ClN2O2/c1-3-4-6-14-21-24(23(29)16-18(2)27-21)25(30)28(17-19-11-7-5-8-12-19)22-15-10-9-13-20(22)26/h5,7-13,15-16H,3-4,6,14,17H2,1-2H3,(H,27,29). The molecule has 30 heavy (non-hydrogen) atoms. The molecule has 3 aromatic rings. The van der Waals surface area contributed by atoms with Crippen molar-refractivity contribution in [3.63, 3.8) is 0 Å². The van der Waals surface area contributed by atoms with Gasteiger partial charge < -0.3 is 9.88 Å². The average Bonchev–Trinajstić information content (AvgIpc) is 2.73. The number of anilines is 1. The van der Waals surface area contributed by atoms with Gasteiger partial charge >= 0.3 is 0 Å². The van der Waals surface area contributed by atoms with Crippen LogP contribution in [0.25, 0.3) is 0 Å². The number of nitrogens with zero attached hydrogens (tertiary/aromatic N) is 1. The Balaban J connectivity index is 2.07. The summed E-state index contributed by atoms with van der Waals surface area (Å²) in [6.07, 6.45) is 3.69. The predicted molar refractivity (Wildman–Crippen MR) is 123 cm³/mol. The van der Waals surface area contributed by atoms with E-state index in [0.29, 0.717) is 29.4 Å². The summed E-state index contributed by atoms with van der Waals surface area (Å²) in [5.74, 6) is -0.334. The van der Waals surface area contributed by atoms with Gasteiger partial charge in [0.1, 0.15) is 5.56 Å². The number of carbonyl (C=O) groups is 1. The number of aromatic nitrogens is 1. The summed E-state index contributed by atoms with van der Waals surface area (Å²) in [5.41, 5.74) is 2.95. The van der Waals surface area contributed by atoms with Crippen molar-refractivity contribution in [1.29, 1.82) is 0 Å². The highest BCUT2D eigenvalue weighted by atomic mass is 35.5. The number of benzene rings is 2. The summed E-state index contributed by atoms with van der Waals surface area (Å²) in [6, 6.07) is 18.4. The molecular formula is C25H27ClN2O2. The Morgan fingerprint density at radius 3 is 2.43 bits per heavy atom. The lowest BCUT2D eigenvalue weighted by atomic mass is 10.0. The number of nitrogens with one attached hydrogen (secondary N) is 1. The third kappa shape index (κ3) is 5.19. The van der Waals surface area contributed by atoms with E-state index in [0.717, 1.165) is 30.5 Å². The van der Waals surface area contributed by atoms with Gasteiger partial charge in [-0.25, -0.2) is 0 Å². The van der Waals surface area contributed by atoms with Gasteiger partial charge in [-0.05, 0) is 37.5 Å². The lowest BCUT2D eigenvalue weighted by Crippen LogP contribution is -2.35. The molecule has 5 heteroatoms. The minimum atomic E-state index is -0.334. The lowest BCUT2D eigenvalue weighted by Gasteiger charge is -2.25. The lowest BCUT2D eigenvalue weighted by molar-refractivity contribution is 0.0982. The van der Waals surface area contributed by atoms with E-state index in [1.54, 1.807) is 11.0 Å². The summed E-state index contributed by atoms with van der Waals surface area (Å²) in [7, 11) is 0. The first kappa shape index (κ1) is 21.8. The van der Waals surface area contributed by atoms with Crippen molar-refractivity contribution in [2.24, 2.45) is 0 Å². The van der Waals surface area contributed by atoms with Crippen LogP contribution in [0, 0.1) is 6.92 Å². The molecule has 156 valence electrons. The minimum Gasteiger partial charge on any atom is -0.362 e. The molecule has 3 rings (SSSR count). The number of unbranched alkanes of at least 4 members (excludes halogenated alkanes) is 2. The topological polar surface area (TPSA) is 53.2 Å². The SMILES string of the molecule is CCCCCc1[nH]c(C)cc(=O)c1C(=O)N(Cc1ccccc1)c1ccccc1Cl.